The second-order valence-electron chi connectivity index (χ2n) is 2.83. The maximum absolute atomic E-state index is 5.54. The molecule has 0 saturated heterocycles. The molecule has 0 spiro atoms. The summed E-state index contributed by atoms with van der Waals surface area (Å²) in [4.78, 5) is 0. The first-order valence-electron chi connectivity index (χ1n) is 4.14. The number of allylic oxidation sites excluding steroid dienone is 1. The van der Waals surface area contributed by atoms with Gasteiger partial charge in [0.15, 0.2) is 0 Å². The highest BCUT2D eigenvalue weighted by molar-refractivity contribution is 6.25. The Labute approximate surface area is 79.6 Å². The molecule has 0 aromatic carbocycles. The molecule has 0 nitrogen and oxygen atoms in total. The molecule has 0 radical (unpaired) electrons. The Morgan fingerprint density at radius 2 is 2.00 bits per heavy atom. The van der Waals surface area contributed by atoms with Crippen LogP contribution in [0.25, 0.3) is 0 Å². The zero-order chi connectivity index (χ0) is 8.53. The topological polar surface area (TPSA) is 0 Å². The smallest absolute Gasteiger partial charge is 0.0223 e. The molecule has 66 valence electrons. The molecule has 0 saturated carbocycles. The zero-order valence-corrected chi connectivity index (χ0v) is 8.54. The van der Waals surface area contributed by atoms with Crippen LogP contribution in [-0.2, 0) is 0 Å². The van der Waals surface area contributed by atoms with E-state index in [0.717, 1.165) is 12.3 Å². The van der Waals surface area contributed by atoms with Crippen LogP contribution in [0.4, 0.5) is 0 Å². The van der Waals surface area contributed by atoms with Crippen LogP contribution in [0.15, 0.2) is 11.6 Å². The van der Waals surface area contributed by atoms with Crippen LogP contribution in [0.2, 0.25) is 0 Å². The quantitative estimate of drug-likeness (QED) is 0.440. The van der Waals surface area contributed by atoms with Crippen molar-refractivity contribution >= 4 is 23.2 Å². The van der Waals surface area contributed by atoms with Gasteiger partial charge in [0, 0.05) is 11.4 Å². The Kier molecular flexibility index (Phi) is 8.66. The fourth-order valence-corrected chi connectivity index (χ4v) is 1.40. The molecular formula is C9H16Cl2. The van der Waals surface area contributed by atoms with E-state index in [0.29, 0.717) is 5.92 Å². The van der Waals surface area contributed by atoms with Crippen molar-refractivity contribution in [3.8, 4) is 0 Å². The van der Waals surface area contributed by atoms with Gasteiger partial charge in [-0.1, -0.05) is 37.4 Å². The lowest BCUT2D eigenvalue weighted by atomic mass is 10.0. The van der Waals surface area contributed by atoms with E-state index in [1.165, 1.54) is 19.3 Å². The van der Waals surface area contributed by atoms with E-state index in [1.807, 2.05) is 6.08 Å². The first kappa shape index (κ1) is 11.3. The Morgan fingerprint density at radius 1 is 1.27 bits per heavy atom. The third kappa shape index (κ3) is 8.22. The fourth-order valence-electron chi connectivity index (χ4n) is 0.958. The van der Waals surface area contributed by atoms with E-state index < -0.39 is 0 Å². The van der Waals surface area contributed by atoms with Crippen LogP contribution in [-0.4, -0.2) is 5.88 Å². The number of hydrogen-bond acceptors (Lipinski definition) is 0. The summed E-state index contributed by atoms with van der Waals surface area (Å²) in [6.45, 7) is 2.18. The van der Waals surface area contributed by atoms with Crippen LogP contribution < -0.4 is 0 Å². The summed E-state index contributed by atoms with van der Waals surface area (Å²) in [6.07, 6.45) is 6.89. The van der Waals surface area contributed by atoms with Gasteiger partial charge < -0.3 is 0 Å². The lowest BCUT2D eigenvalue weighted by Crippen LogP contribution is -1.89. The molecule has 0 aromatic rings. The SMILES string of the molecule is CC(C=CCl)CCCCCCl. The van der Waals surface area contributed by atoms with Crippen molar-refractivity contribution < 1.29 is 0 Å². The summed E-state index contributed by atoms with van der Waals surface area (Å²) in [5.74, 6) is 1.41. The van der Waals surface area contributed by atoms with Gasteiger partial charge in [-0.2, -0.15) is 0 Å². The number of halogens is 2. The summed E-state index contributed by atoms with van der Waals surface area (Å²) < 4.78 is 0. The van der Waals surface area contributed by atoms with Crippen molar-refractivity contribution in [2.75, 3.05) is 5.88 Å². The molecule has 0 N–H and O–H groups in total. The molecule has 0 aromatic heterocycles. The van der Waals surface area contributed by atoms with Crippen LogP contribution >= 0.6 is 23.2 Å². The van der Waals surface area contributed by atoms with Gasteiger partial charge in [0.1, 0.15) is 0 Å². The predicted octanol–water partition coefficient (Wildman–Crippen LogP) is 4.17. The van der Waals surface area contributed by atoms with Crippen molar-refractivity contribution in [3.05, 3.63) is 11.6 Å². The van der Waals surface area contributed by atoms with Crippen molar-refractivity contribution in [3.63, 3.8) is 0 Å². The normalized spacial score (nSPS) is 14.1. The van der Waals surface area contributed by atoms with Gasteiger partial charge in [-0.15, -0.1) is 11.6 Å². The maximum Gasteiger partial charge on any atom is 0.0223 e. The summed E-state index contributed by atoms with van der Waals surface area (Å²) in [5.41, 5.74) is 1.60. The molecular weight excluding hydrogens is 179 g/mol. The third-order valence-corrected chi connectivity index (χ3v) is 2.11. The Balaban J connectivity index is 3.10. The molecule has 1 atom stereocenters. The van der Waals surface area contributed by atoms with Crippen molar-refractivity contribution in [1.29, 1.82) is 0 Å². The zero-order valence-electron chi connectivity index (χ0n) is 7.02. The van der Waals surface area contributed by atoms with E-state index in [4.69, 9.17) is 23.2 Å². The summed E-state index contributed by atoms with van der Waals surface area (Å²) in [7, 11) is 0. The minimum Gasteiger partial charge on any atom is -0.127 e. The van der Waals surface area contributed by atoms with Crippen molar-refractivity contribution in [2.45, 2.75) is 32.6 Å². The molecule has 0 heterocycles. The molecule has 0 bridgehead atoms. The van der Waals surface area contributed by atoms with Crippen molar-refractivity contribution in [2.24, 2.45) is 5.92 Å². The van der Waals surface area contributed by atoms with Gasteiger partial charge in [-0.25, -0.2) is 0 Å². The highest BCUT2D eigenvalue weighted by atomic mass is 35.5. The van der Waals surface area contributed by atoms with Crippen LogP contribution in [0, 0.1) is 5.92 Å². The highest BCUT2D eigenvalue weighted by Gasteiger charge is 1.95. The highest BCUT2D eigenvalue weighted by Crippen LogP contribution is 2.11. The summed E-state index contributed by atoms with van der Waals surface area (Å²) >= 11 is 11.0. The van der Waals surface area contributed by atoms with E-state index in [-0.39, 0.29) is 0 Å². The Hall–Kier alpha value is 0.320. The second-order valence-corrected chi connectivity index (χ2v) is 3.46. The maximum atomic E-state index is 5.54. The number of alkyl halides is 1. The first-order chi connectivity index (χ1) is 5.31. The van der Waals surface area contributed by atoms with Crippen LogP contribution in [0.5, 0.6) is 0 Å². The molecule has 0 aliphatic rings. The molecule has 0 fully saturated rings. The van der Waals surface area contributed by atoms with Gasteiger partial charge in [-0.05, 0) is 18.8 Å². The van der Waals surface area contributed by atoms with E-state index >= 15 is 0 Å². The molecule has 0 amide bonds. The number of unbranched alkanes of at least 4 members (excludes halogenated alkanes) is 2. The van der Waals surface area contributed by atoms with E-state index in [9.17, 15) is 0 Å². The molecule has 2 heteroatoms. The largest absolute Gasteiger partial charge is 0.127 e. The molecule has 0 rings (SSSR count). The monoisotopic (exact) mass is 194 g/mol. The first-order valence-corrected chi connectivity index (χ1v) is 5.11. The lowest BCUT2D eigenvalue weighted by molar-refractivity contribution is 0.577. The van der Waals surface area contributed by atoms with Gasteiger partial charge in [0.25, 0.3) is 0 Å². The standard InChI is InChI=1S/C9H16Cl2/c1-9(6-8-11)5-3-2-4-7-10/h6,8-9H,2-5,7H2,1H3. The lowest BCUT2D eigenvalue weighted by Gasteiger charge is -2.03. The minimum atomic E-state index is 0.614. The third-order valence-electron chi connectivity index (χ3n) is 1.69. The summed E-state index contributed by atoms with van der Waals surface area (Å²) in [5, 5.41) is 0. The van der Waals surface area contributed by atoms with Gasteiger partial charge in [0.2, 0.25) is 0 Å². The van der Waals surface area contributed by atoms with Crippen LogP contribution in [0.3, 0.4) is 0 Å². The van der Waals surface area contributed by atoms with E-state index in [2.05, 4.69) is 6.92 Å². The van der Waals surface area contributed by atoms with Crippen molar-refractivity contribution in [1.82, 2.24) is 0 Å². The minimum absolute atomic E-state index is 0.614. The predicted molar refractivity (Wildman–Crippen MR) is 53.3 cm³/mol. The molecule has 11 heavy (non-hydrogen) atoms. The molecule has 0 aliphatic carbocycles. The average molecular weight is 195 g/mol. The Morgan fingerprint density at radius 3 is 2.55 bits per heavy atom. The van der Waals surface area contributed by atoms with Gasteiger partial charge in [0.05, 0.1) is 0 Å². The summed E-state index contributed by atoms with van der Waals surface area (Å²) in [6, 6.07) is 0. The van der Waals surface area contributed by atoms with Crippen LogP contribution in [0.1, 0.15) is 32.6 Å². The number of rotatable bonds is 6. The second kappa shape index (κ2) is 8.42. The number of hydrogen-bond donors (Lipinski definition) is 0. The average Bonchev–Trinajstić information content (AvgIpc) is 1.99. The Bertz CT molecular complexity index is 99.7. The molecule has 1 unspecified atom stereocenters. The fraction of sp³-hybridized carbons (Fsp3) is 0.778. The van der Waals surface area contributed by atoms with E-state index in [1.54, 1.807) is 5.54 Å². The van der Waals surface area contributed by atoms with Gasteiger partial charge >= 0.3 is 0 Å². The molecule has 0 aliphatic heterocycles. The van der Waals surface area contributed by atoms with Gasteiger partial charge in [-0.3, -0.25) is 0 Å².